The second-order valence-electron chi connectivity index (χ2n) is 14.7. The van der Waals surface area contributed by atoms with Gasteiger partial charge in [-0.2, -0.15) is 5.26 Å². The molecule has 0 aliphatic carbocycles. The molecule has 0 aliphatic rings. The highest BCUT2D eigenvalue weighted by atomic mass is 17.0. The molecule has 0 heterocycles. The van der Waals surface area contributed by atoms with Crippen LogP contribution in [0.1, 0.15) is 129 Å². The second-order valence-corrected chi connectivity index (χ2v) is 14.7. The number of rotatable bonds is 28. The van der Waals surface area contributed by atoms with Crippen LogP contribution in [0.2, 0.25) is 0 Å². The highest BCUT2D eigenvalue weighted by Crippen LogP contribution is 2.39. The van der Waals surface area contributed by atoms with Crippen molar-refractivity contribution in [2.75, 3.05) is 34.4 Å². The number of para-hydroxylation sites is 1. The molecular weight excluding hydrogens is 672 g/mol. The first-order chi connectivity index (χ1) is 25.4. The Balaban J connectivity index is 2.13. The summed E-state index contributed by atoms with van der Waals surface area (Å²) < 4.78 is 17.5. The number of amides is 1. The summed E-state index contributed by atoms with van der Waals surface area (Å²) in [5.41, 5.74) is 1.17. The zero-order valence-corrected chi connectivity index (χ0v) is 33.7. The highest BCUT2D eigenvalue weighted by Gasteiger charge is 2.47. The van der Waals surface area contributed by atoms with Crippen molar-refractivity contribution >= 4 is 5.91 Å². The molecule has 2 aromatic rings. The fraction of sp³-hybridized carbons (Fsp3) is 0.667. The van der Waals surface area contributed by atoms with E-state index in [-0.39, 0.29) is 5.91 Å². The Bertz CT molecular complexity index is 1430. The first-order valence-corrected chi connectivity index (χ1v) is 19.6. The number of unbranched alkanes of at least 4 members (excludes halogenated alkanes) is 9. The number of nitriles is 1. The van der Waals surface area contributed by atoms with Gasteiger partial charge in [0.2, 0.25) is 5.91 Å². The van der Waals surface area contributed by atoms with E-state index in [1.54, 1.807) is 41.1 Å². The van der Waals surface area contributed by atoms with Crippen LogP contribution in [0, 0.1) is 27.4 Å². The van der Waals surface area contributed by atoms with Crippen molar-refractivity contribution in [2.24, 2.45) is 5.92 Å². The van der Waals surface area contributed by atoms with Gasteiger partial charge in [0.1, 0.15) is 5.75 Å². The summed E-state index contributed by atoms with van der Waals surface area (Å²) in [6, 6.07) is 15.2. The van der Waals surface area contributed by atoms with E-state index in [0.29, 0.717) is 36.6 Å². The molecule has 2 aromatic carbocycles. The van der Waals surface area contributed by atoms with Gasteiger partial charge in [-0.15, -0.1) is 10.1 Å². The lowest BCUT2D eigenvalue weighted by Crippen LogP contribution is -2.60. The zero-order valence-electron chi connectivity index (χ0n) is 33.7. The van der Waals surface area contributed by atoms with Gasteiger partial charge in [-0.05, 0) is 75.5 Å². The van der Waals surface area contributed by atoms with Crippen LogP contribution in [-0.2, 0) is 21.5 Å². The van der Waals surface area contributed by atoms with E-state index in [9.17, 15) is 20.2 Å². The van der Waals surface area contributed by atoms with Gasteiger partial charge in [0.15, 0.2) is 11.5 Å². The van der Waals surface area contributed by atoms with E-state index >= 15 is 0 Å². The topological polar surface area (TPSA) is 136 Å². The van der Waals surface area contributed by atoms with Crippen LogP contribution in [0.3, 0.4) is 0 Å². The van der Waals surface area contributed by atoms with Crippen molar-refractivity contribution in [1.82, 2.24) is 10.2 Å². The quantitative estimate of drug-likeness (QED) is 0.0392. The molecule has 11 nitrogen and oxygen atoms in total. The minimum Gasteiger partial charge on any atom is -0.493 e. The lowest BCUT2D eigenvalue weighted by Gasteiger charge is -2.40. The van der Waals surface area contributed by atoms with Crippen LogP contribution in [0.15, 0.2) is 42.5 Å². The summed E-state index contributed by atoms with van der Waals surface area (Å²) >= 11 is 0. The van der Waals surface area contributed by atoms with Crippen LogP contribution in [0.5, 0.6) is 17.2 Å². The van der Waals surface area contributed by atoms with Crippen molar-refractivity contribution in [3.05, 3.63) is 63.7 Å². The summed E-state index contributed by atoms with van der Waals surface area (Å²) in [6.07, 6.45) is 15.3. The van der Waals surface area contributed by atoms with Gasteiger partial charge in [-0.3, -0.25) is 9.63 Å². The molecule has 0 fully saturated rings. The molecule has 3 unspecified atom stereocenters. The number of nitrogens with one attached hydrogen (secondary N) is 1. The normalized spacial score (nSPS) is 14.1. The van der Waals surface area contributed by atoms with Crippen LogP contribution in [0.4, 0.5) is 0 Å². The Kier molecular flexibility index (Phi) is 20.1. The average Bonchev–Trinajstić information content (AvgIpc) is 3.13. The van der Waals surface area contributed by atoms with Crippen LogP contribution in [-0.4, -0.2) is 62.1 Å². The van der Waals surface area contributed by atoms with E-state index in [0.717, 1.165) is 43.4 Å². The summed E-state index contributed by atoms with van der Waals surface area (Å²) in [5, 5.41) is 24.3. The van der Waals surface area contributed by atoms with Crippen LogP contribution in [0.25, 0.3) is 0 Å². The third-order valence-electron chi connectivity index (χ3n) is 10.3. The Labute approximate surface area is 318 Å². The maximum absolute atomic E-state index is 11.9. The SMILES string of the molecule is CCCCCCCCCCCCC(C#N)(CCCN(C)CCc1ccccc1OC(O[N+](=O)[O-])(C(C)C)C(C)NC(C)=O)c1ccc(OC)c(OC)c1. The van der Waals surface area contributed by atoms with Gasteiger partial charge >= 0.3 is 0 Å². The molecule has 296 valence electrons. The number of methoxy groups -OCH3 is 2. The van der Waals surface area contributed by atoms with E-state index < -0.39 is 28.2 Å². The molecule has 0 aromatic heterocycles. The summed E-state index contributed by atoms with van der Waals surface area (Å²) in [4.78, 5) is 31.0. The summed E-state index contributed by atoms with van der Waals surface area (Å²) in [5.74, 6) is -0.827. The number of nitrogens with zero attached hydrogens (tertiary/aromatic N) is 3. The lowest BCUT2D eigenvalue weighted by molar-refractivity contribution is -0.797. The number of ether oxygens (including phenoxy) is 3. The van der Waals surface area contributed by atoms with E-state index in [1.807, 2.05) is 36.4 Å². The Morgan fingerprint density at radius 2 is 1.49 bits per heavy atom. The fourth-order valence-electron chi connectivity index (χ4n) is 7.13. The molecule has 0 aliphatic heterocycles. The molecule has 1 N–H and O–H groups in total. The Morgan fingerprint density at radius 3 is 2.06 bits per heavy atom. The number of hydrogen-bond acceptors (Lipinski definition) is 9. The molecule has 2 rings (SSSR count). The molecular formula is C42H66N4O7. The fourth-order valence-corrected chi connectivity index (χ4v) is 7.13. The molecule has 0 spiro atoms. The molecule has 0 bridgehead atoms. The zero-order chi connectivity index (χ0) is 39.3. The average molecular weight is 739 g/mol. The molecule has 0 saturated carbocycles. The number of benzene rings is 2. The Hall–Kier alpha value is -4.04. The van der Waals surface area contributed by atoms with Gasteiger partial charge in [0.05, 0.1) is 31.7 Å². The number of hydrogen-bond donors (Lipinski definition) is 1. The highest BCUT2D eigenvalue weighted by molar-refractivity contribution is 5.73. The van der Waals surface area contributed by atoms with Crippen LogP contribution >= 0.6 is 0 Å². The molecule has 3 atom stereocenters. The van der Waals surface area contributed by atoms with Crippen molar-refractivity contribution in [3.8, 4) is 23.3 Å². The van der Waals surface area contributed by atoms with Crippen molar-refractivity contribution < 1.29 is 28.9 Å². The third kappa shape index (κ3) is 14.4. The molecule has 0 radical (unpaired) electrons. The van der Waals surface area contributed by atoms with Gasteiger partial charge < -0.3 is 24.4 Å². The van der Waals surface area contributed by atoms with Crippen molar-refractivity contribution in [2.45, 2.75) is 142 Å². The lowest BCUT2D eigenvalue weighted by atomic mass is 9.74. The first kappa shape index (κ1) is 45.1. The van der Waals surface area contributed by atoms with Crippen molar-refractivity contribution in [3.63, 3.8) is 0 Å². The van der Waals surface area contributed by atoms with Gasteiger partial charge in [-0.25, -0.2) is 0 Å². The Morgan fingerprint density at radius 1 is 0.887 bits per heavy atom. The standard InChI is InChI=1S/C42H66N4O7/c1-9-10-11-12-13-14-15-16-17-20-27-41(32-43,37-24-25-39(50-7)40(31-37)51-8)28-21-29-45(6)30-26-36-22-18-19-23-38(36)52-42(33(2)3,53-46(48)49)34(4)44-35(5)47/h18-19,22-25,31,33-34H,9-17,20-21,26-30H2,1-8H3,(H,44,47). The minimum absolute atomic E-state index is 0.344. The maximum atomic E-state index is 11.9. The third-order valence-corrected chi connectivity index (χ3v) is 10.3. The van der Waals surface area contributed by atoms with E-state index in [4.69, 9.17) is 19.0 Å². The largest absolute Gasteiger partial charge is 0.493 e. The van der Waals surface area contributed by atoms with Gasteiger partial charge in [0, 0.05) is 19.4 Å². The predicted molar refractivity (Wildman–Crippen MR) is 210 cm³/mol. The van der Waals surface area contributed by atoms with Crippen molar-refractivity contribution in [1.29, 1.82) is 5.26 Å². The predicted octanol–water partition coefficient (Wildman–Crippen LogP) is 9.19. The number of carbonyl (C=O) groups excluding carboxylic acids is 1. The molecule has 0 saturated heterocycles. The first-order valence-electron chi connectivity index (χ1n) is 19.6. The number of likely N-dealkylation sites (N-methyl/N-ethyl adjacent to an activating group) is 1. The maximum Gasteiger partial charge on any atom is 0.298 e. The van der Waals surface area contributed by atoms with E-state index in [2.05, 4.69) is 30.3 Å². The molecule has 11 heteroatoms. The minimum atomic E-state index is -1.74. The monoisotopic (exact) mass is 738 g/mol. The molecule has 1 amide bonds. The smallest absolute Gasteiger partial charge is 0.298 e. The van der Waals surface area contributed by atoms with E-state index in [1.165, 1.54) is 58.3 Å². The second kappa shape index (κ2) is 23.6. The number of carbonyl (C=O) groups is 1. The summed E-state index contributed by atoms with van der Waals surface area (Å²) in [7, 11) is 5.30. The van der Waals surface area contributed by atoms with Crippen LogP contribution < -0.4 is 19.5 Å². The molecule has 53 heavy (non-hydrogen) atoms. The van der Waals surface area contributed by atoms with Gasteiger partial charge in [0.25, 0.3) is 10.9 Å². The summed E-state index contributed by atoms with van der Waals surface area (Å²) in [6.45, 7) is 10.2. The van der Waals surface area contributed by atoms with Gasteiger partial charge in [-0.1, -0.05) is 109 Å².